The number of piperidine rings is 1. The highest BCUT2D eigenvalue weighted by Crippen LogP contribution is 2.45. The van der Waals surface area contributed by atoms with Gasteiger partial charge in [0.2, 0.25) is 0 Å². The van der Waals surface area contributed by atoms with Crippen LogP contribution in [0.15, 0.2) is 18.2 Å². The third-order valence-electron chi connectivity index (χ3n) is 5.51. The molecule has 2 fully saturated rings. The maximum Gasteiger partial charge on any atom is 0.0637 e. The Labute approximate surface area is 116 Å². The smallest absolute Gasteiger partial charge is 0.0637 e. The fourth-order valence-corrected chi connectivity index (χ4v) is 4.63. The first-order chi connectivity index (χ1) is 9.34. The van der Waals surface area contributed by atoms with Gasteiger partial charge >= 0.3 is 0 Å². The van der Waals surface area contributed by atoms with E-state index in [2.05, 4.69) is 35.3 Å². The van der Waals surface area contributed by atoms with Gasteiger partial charge < -0.3 is 10.2 Å². The van der Waals surface area contributed by atoms with Crippen LogP contribution in [-0.4, -0.2) is 18.6 Å². The van der Waals surface area contributed by atoms with E-state index in [0.717, 1.165) is 24.5 Å². The van der Waals surface area contributed by atoms with Crippen LogP contribution in [0.4, 0.5) is 11.4 Å². The molecule has 2 aliphatic heterocycles. The van der Waals surface area contributed by atoms with Crippen LogP contribution in [0.3, 0.4) is 0 Å². The van der Waals surface area contributed by atoms with E-state index >= 15 is 0 Å². The lowest BCUT2D eigenvalue weighted by Gasteiger charge is -2.53. The van der Waals surface area contributed by atoms with Crippen molar-refractivity contribution in [1.29, 1.82) is 0 Å². The number of nitrogens with one attached hydrogen (secondary N) is 1. The molecule has 1 saturated heterocycles. The van der Waals surface area contributed by atoms with Crippen molar-refractivity contribution in [1.82, 2.24) is 0 Å². The molecule has 3 atom stereocenters. The lowest BCUT2D eigenvalue weighted by molar-refractivity contribution is 0.215. The number of para-hydroxylation sites is 1. The predicted octanol–water partition coefficient (Wildman–Crippen LogP) is 3.95. The Morgan fingerprint density at radius 3 is 2.95 bits per heavy atom. The van der Waals surface area contributed by atoms with Crippen molar-refractivity contribution in [3.8, 4) is 0 Å². The van der Waals surface area contributed by atoms with Crippen LogP contribution < -0.4 is 10.2 Å². The third-order valence-corrected chi connectivity index (χ3v) is 5.51. The number of aryl methyl sites for hydroxylation is 1. The van der Waals surface area contributed by atoms with Gasteiger partial charge in [0.25, 0.3) is 0 Å². The number of fused-ring (bicyclic) bond motifs is 5. The molecular formula is C17H24N2. The van der Waals surface area contributed by atoms with Gasteiger partial charge in [0.15, 0.2) is 0 Å². The number of nitrogens with zero attached hydrogens (tertiary/aromatic N) is 1. The Bertz CT molecular complexity index is 482. The summed E-state index contributed by atoms with van der Waals surface area (Å²) >= 11 is 0. The summed E-state index contributed by atoms with van der Waals surface area (Å²) in [6.07, 6.45) is 8.59. The Morgan fingerprint density at radius 2 is 2.00 bits per heavy atom. The average Bonchev–Trinajstić information content (AvgIpc) is 2.47. The summed E-state index contributed by atoms with van der Waals surface area (Å²) in [7, 11) is 0. The quantitative estimate of drug-likeness (QED) is 0.756. The van der Waals surface area contributed by atoms with Crippen LogP contribution in [0.25, 0.3) is 0 Å². The topological polar surface area (TPSA) is 15.3 Å². The van der Waals surface area contributed by atoms with E-state index in [4.69, 9.17) is 0 Å². The van der Waals surface area contributed by atoms with Crippen molar-refractivity contribution in [3.63, 3.8) is 0 Å². The van der Waals surface area contributed by atoms with Crippen molar-refractivity contribution in [2.45, 2.75) is 57.5 Å². The second-order valence-electron chi connectivity index (χ2n) is 6.60. The number of anilines is 2. The summed E-state index contributed by atoms with van der Waals surface area (Å²) in [6.45, 7) is 3.41. The van der Waals surface area contributed by atoms with Gasteiger partial charge in [-0.05, 0) is 50.2 Å². The fraction of sp³-hybridized carbons (Fsp3) is 0.647. The Balaban J connectivity index is 1.78. The summed E-state index contributed by atoms with van der Waals surface area (Å²) in [5, 5.41) is 3.66. The molecule has 0 amide bonds. The molecule has 2 nitrogen and oxygen atoms in total. The lowest BCUT2D eigenvalue weighted by Crippen LogP contribution is -2.56. The van der Waals surface area contributed by atoms with Gasteiger partial charge in [-0.25, -0.2) is 0 Å². The number of hydrogen-bond donors (Lipinski definition) is 1. The molecule has 1 aliphatic carbocycles. The molecule has 2 heteroatoms. The zero-order valence-electron chi connectivity index (χ0n) is 11.9. The van der Waals surface area contributed by atoms with Crippen molar-refractivity contribution < 1.29 is 0 Å². The van der Waals surface area contributed by atoms with Crippen molar-refractivity contribution in [3.05, 3.63) is 23.8 Å². The lowest BCUT2D eigenvalue weighted by atomic mass is 9.75. The van der Waals surface area contributed by atoms with E-state index in [-0.39, 0.29) is 0 Å². The van der Waals surface area contributed by atoms with Crippen molar-refractivity contribution in [2.75, 3.05) is 16.8 Å². The average molecular weight is 256 g/mol. The summed E-state index contributed by atoms with van der Waals surface area (Å²) in [4.78, 5) is 2.81. The summed E-state index contributed by atoms with van der Waals surface area (Å²) in [6, 6.07) is 8.26. The van der Waals surface area contributed by atoms with Gasteiger partial charge in [-0.2, -0.15) is 0 Å². The maximum absolute atomic E-state index is 3.66. The van der Waals surface area contributed by atoms with Gasteiger partial charge in [-0.1, -0.05) is 25.0 Å². The van der Waals surface area contributed by atoms with Crippen LogP contribution in [0.5, 0.6) is 0 Å². The van der Waals surface area contributed by atoms with Gasteiger partial charge in [0, 0.05) is 18.6 Å². The largest absolute Gasteiger partial charge is 0.381 e. The van der Waals surface area contributed by atoms with E-state index < -0.39 is 0 Å². The molecule has 19 heavy (non-hydrogen) atoms. The van der Waals surface area contributed by atoms with E-state index in [9.17, 15) is 0 Å². The zero-order valence-corrected chi connectivity index (χ0v) is 11.9. The SMILES string of the molecule is Cc1cccc2c1N1C(CCC3CCCCC31)CN2. The van der Waals surface area contributed by atoms with E-state index in [0.29, 0.717) is 0 Å². The third kappa shape index (κ3) is 1.76. The molecule has 0 radical (unpaired) electrons. The highest BCUT2D eigenvalue weighted by molar-refractivity contribution is 5.76. The summed E-state index contributed by atoms with van der Waals surface area (Å²) < 4.78 is 0. The predicted molar refractivity (Wildman–Crippen MR) is 80.9 cm³/mol. The van der Waals surface area contributed by atoms with Gasteiger partial charge in [0.05, 0.1) is 11.4 Å². The molecule has 102 valence electrons. The molecule has 3 aliphatic rings. The van der Waals surface area contributed by atoms with Gasteiger partial charge in [0.1, 0.15) is 0 Å². The number of hydrogen-bond acceptors (Lipinski definition) is 2. The second kappa shape index (κ2) is 4.43. The fourth-order valence-electron chi connectivity index (χ4n) is 4.63. The maximum atomic E-state index is 3.66. The Kier molecular flexibility index (Phi) is 2.71. The minimum atomic E-state index is 0.730. The molecule has 2 heterocycles. The van der Waals surface area contributed by atoms with E-state index in [1.165, 1.54) is 55.5 Å². The van der Waals surface area contributed by atoms with Crippen molar-refractivity contribution >= 4 is 11.4 Å². The number of rotatable bonds is 0. The molecule has 1 N–H and O–H groups in total. The molecule has 0 spiro atoms. The first-order valence-electron chi connectivity index (χ1n) is 7.96. The van der Waals surface area contributed by atoms with Crippen molar-refractivity contribution in [2.24, 2.45) is 5.92 Å². The first kappa shape index (κ1) is 11.6. The van der Waals surface area contributed by atoms with Gasteiger partial charge in [-0.3, -0.25) is 0 Å². The summed E-state index contributed by atoms with van der Waals surface area (Å²) in [5.74, 6) is 0.954. The van der Waals surface area contributed by atoms with Gasteiger partial charge in [-0.15, -0.1) is 0 Å². The number of benzene rings is 1. The zero-order chi connectivity index (χ0) is 12.8. The highest BCUT2D eigenvalue weighted by Gasteiger charge is 2.41. The molecule has 1 aromatic rings. The minimum absolute atomic E-state index is 0.730. The van der Waals surface area contributed by atoms with Crippen LogP contribution in [0.1, 0.15) is 44.1 Å². The van der Waals surface area contributed by atoms with E-state index in [1.54, 1.807) is 0 Å². The van der Waals surface area contributed by atoms with E-state index in [1.807, 2.05) is 0 Å². The molecule has 1 saturated carbocycles. The normalized spacial score (nSPS) is 32.9. The Morgan fingerprint density at radius 1 is 1.11 bits per heavy atom. The molecule has 3 unspecified atom stereocenters. The molecular weight excluding hydrogens is 232 g/mol. The molecule has 0 bridgehead atoms. The summed E-state index contributed by atoms with van der Waals surface area (Å²) in [5.41, 5.74) is 4.32. The molecule has 1 aromatic carbocycles. The molecule has 4 rings (SSSR count). The standard InChI is InChI=1S/C17H24N2/c1-12-5-4-7-15-17(12)19-14(11-18-15)10-9-13-6-2-3-8-16(13)19/h4-5,7,13-14,16,18H,2-3,6,8-11H2,1H3. The second-order valence-corrected chi connectivity index (χ2v) is 6.60. The van der Waals surface area contributed by atoms with Crippen LogP contribution in [0.2, 0.25) is 0 Å². The Hall–Kier alpha value is -1.18. The minimum Gasteiger partial charge on any atom is -0.381 e. The molecule has 0 aromatic heterocycles. The van der Waals surface area contributed by atoms with Crippen LogP contribution in [-0.2, 0) is 0 Å². The monoisotopic (exact) mass is 256 g/mol. The van der Waals surface area contributed by atoms with Crippen LogP contribution >= 0.6 is 0 Å². The highest BCUT2D eigenvalue weighted by atomic mass is 15.3. The first-order valence-corrected chi connectivity index (χ1v) is 7.96. The van der Waals surface area contributed by atoms with Crippen LogP contribution in [0, 0.1) is 12.8 Å².